The van der Waals surface area contributed by atoms with Crippen molar-refractivity contribution in [3.8, 4) is 10.4 Å². The first-order valence-corrected chi connectivity index (χ1v) is 8.54. The van der Waals surface area contributed by atoms with E-state index < -0.39 is 12.0 Å². The number of methoxy groups -OCH3 is 1. The van der Waals surface area contributed by atoms with Gasteiger partial charge in [0.2, 0.25) is 5.91 Å². The van der Waals surface area contributed by atoms with Crippen LogP contribution >= 0.6 is 11.3 Å². The predicted molar refractivity (Wildman–Crippen MR) is 97.6 cm³/mol. The Morgan fingerprint density at radius 1 is 1.12 bits per heavy atom. The van der Waals surface area contributed by atoms with Crippen molar-refractivity contribution in [1.82, 2.24) is 5.32 Å². The van der Waals surface area contributed by atoms with E-state index in [0.717, 1.165) is 15.3 Å². The molecule has 1 N–H and O–H groups in total. The summed E-state index contributed by atoms with van der Waals surface area (Å²) in [6.45, 7) is 3.72. The van der Waals surface area contributed by atoms with Gasteiger partial charge in [0.15, 0.2) is 0 Å². The predicted octanol–water partition coefficient (Wildman–Crippen LogP) is 3.74. The van der Waals surface area contributed by atoms with Gasteiger partial charge in [-0.1, -0.05) is 44.2 Å². The van der Waals surface area contributed by atoms with Gasteiger partial charge in [0.1, 0.15) is 6.04 Å². The number of esters is 1. The summed E-state index contributed by atoms with van der Waals surface area (Å²) in [5.41, 5.74) is 1.15. The zero-order chi connectivity index (χ0) is 17.5. The molecule has 0 spiro atoms. The third-order valence-corrected chi connectivity index (χ3v) is 4.60. The average Bonchev–Trinajstić information content (AvgIpc) is 3.06. The smallest absolute Gasteiger partial charge is 0.328 e. The maximum atomic E-state index is 12.0. The Kier molecular flexibility index (Phi) is 6.32. The number of benzene rings is 1. The lowest BCUT2D eigenvalue weighted by Crippen LogP contribution is -2.44. The minimum Gasteiger partial charge on any atom is -0.467 e. The standard InChI is InChI=1S/C19H21NO3S/c1-13(2)18(19(22)23-3)20-17(21)12-10-15-9-11-16(24-15)14-7-5-4-6-8-14/h4-13,18H,1-3H3,(H,20,21)/t18-/m0/s1. The van der Waals surface area contributed by atoms with Crippen LogP contribution in [0.25, 0.3) is 16.5 Å². The summed E-state index contributed by atoms with van der Waals surface area (Å²) >= 11 is 1.61. The zero-order valence-electron chi connectivity index (χ0n) is 14.0. The number of carbonyl (C=O) groups excluding carboxylic acids is 2. The molecular weight excluding hydrogens is 322 g/mol. The quantitative estimate of drug-likeness (QED) is 0.642. The SMILES string of the molecule is COC(=O)[C@@H](NC(=O)C=Cc1ccc(-c2ccccc2)s1)C(C)C. The topological polar surface area (TPSA) is 55.4 Å². The number of thiophene rings is 1. The van der Waals surface area contributed by atoms with Gasteiger partial charge < -0.3 is 10.1 Å². The molecule has 0 bridgehead atoms. The molecule has 1 aromatic carbocycles. The van der Waals surface area contributed by atoms with Crippen molar-refractivity contribution in [2.45, 2.75) is 19.9 Å². The number of amides is 1. The van der Waals surface area contributed by atoms with Crippen LogP contribution in [0.2, 0.25) is 0 Å². The monoisotopic (exact) mass is 343 g/mol. The van der Waals surface area contributed by atoms with Crippen LogP contribution < -0.4 is 5.32 Å². The normalized spacial score (nSPS) is 12.3. The molecule has 0 aliphatic rings. The first-order chi connectivity index (χ1) is 11.5. The molecule has 0 unspecified atom stereocenters. The molecular formula is C19H21NO3S. The van der Waals surface area contributed by atoms with E-state index in [0.29, 0.717) is 0 Å². The van der Waals surface area contributed by atoms with Crippen LogP contribution in [0.1, 0.15) is 18.7 Å². The molecule has 2 rings (SSSR count). The Labute approximate surface area is 146 Å². The molecule has 1 aromatic heterocycles. The van der Waals surface area contributed by atoms with Crippen LogP contribution in [0.15, 0.2) is 48.5 Å². The van der Waals surface area contributed by atoms with Gasteiger partial charge in [0.25, 0.3) is 0 Å². The Balaban J connectivity index is 2.01. The largest absolute Gasteiger partial charge is 0.467 e. The number of rotatable bonds is 6. The summed E-state index contributed by atoms with van der Waals surface area (Å²) in [4.78, 5) is 25.8. The highest BCUT2D eigenvalue weighted by atomic mass is 32.1. The van der Waals surface area contributed by atoms with Crippen molar-refractivity contribution >= 4 is 29.3 Å². The summed E-state index contributed by atoms with van der Waals surface area (Å²) in [5, 5.41) is 2.68. The molecule has 0 aliphatic heterocycles. The fourth-order valence-electron chi connectivity index (χ4n) is 2.18. The highest BCUT2D eigenvalue weighted by Gasteiger charge is 2.23. The Hall–Kier alpha value is -2.40. The first-order valence-electron chi connectivity index (χ1n) is 7.73. The van der Waals surface area contributed by atoms with E-state index in [2.05, 4.69) is 17.4 Å². The van der Waals surface area contributed by atoms with Crippen LogP contribution in [0.5, 0.6) is 0 Å². The summed E-state index contributed by atoms with van der Waals surface area (Å²) in [5.74, 6) is -0.788. The van der Waals surface area contributed by atoms with Crippen LogP contribution in [-0.2, 0) is 14.3 Å². The molecule has 0 saturated carbocycles. The maximum Gasteiger partial charge on any atom is 0.328 e. The summed E-state index contributed by atoms with van der Waals surface area (Å²) in [6, 6.07) is 13.4. The fraction of sp³-hybridized carbons (Fsp3) is 0.263. The molecule has 1 amide bonds. The molecule has 0 radical (unpaired) electrons. The molecule has 0 saturated heterocycles. The van der Waals surface area contributed by atoms with Crippen LogP contribution in [0.4, 0.5) is 0 Å². The third kappa shape index (κ3) is 4.80. The van der Waals surface area contributed by atoms with E-state index in [9.17, 15) is 9.59 Å². The second-order valence-electron chi connectivity index (χ2n) is 5.65. The number of nitrogens with one attached hydrogen (secondary N) is 1. The van der Waals surface area contributed by atoms with Crippen molar-refractivity contribution < 1.29 is 14.3 Å². The van der Waals surface area contributed by atoms with Crippen LogP contribution in [0.3, 0.4) is 0 Å². The van der Waals surface area contributed by atoms with E-state index in [1.807, 2.05) is 44.2 Å². The summed E-state index contributed by atoms with van der Waals surface area (Å²) in [7, 11) is 1.32. The molecule has 0 fully saturated rings. The zero-order valence-corrected chi connectivity index (χ0v) is 14.8. The van der Waals surface area contributed by atoms with Gasteiger partial charge in [-0.05, 0) is 29.7 Å². The van der Waals surface area contributed by atoms with Gasteiger partial charge in [0, 0.05) is 15.8 Å². The molecule has 5 heteroatoms. The number of ether oxygens (including phenoxy) is 1. The van der Waals surface area contributed by atoms with Crippen molar-refractivity contribution in [3.05, 3.63) is 53.4 Å². The van der Waals surface area contributed by atoms with Crippen molar-refractivity contribution in [2.24, 2.45) is 5.92 Å². The van der Waals surface area contributed by atoms with E-state index >= 15 is 0 Å². The van der Waals surface area contributed by atoms with Crippen LogP contribution in [0, 0.1) is 5.92 Å². The van der Waals surface area contributed by atoms with Gasteiger partial charge >= 0.3 is 5.97 Å². The number of hydrogen-bond donors (Lipinski definition) is 1. The molecule has 4 nitrogen and oxygen atoms in total. The van der Waals surface area contributed by atoms with E-state index in [1.54, 1.807) is 17.4 Å². The summed E-state index contributed by atoms with van der Waals surface area (Å²) < 4.78 is 4.71. The number of carbonyl (C=O) groups is 2. The van der Waals surface area contributed by atoms with Crippen molar-refractivity contribution in [2.75, 3.05) is 7.11 Å². The van der Waals surface area contributed by atoms with Crippen molar-refractivity contribution in [1.29, 1.82) is 0 Å². The highest BCUT2D eigenvalue weighted by molar-refractivity contribution is 7.16. The van der Waals surface area contributed by atoms with Crippen LogP contribution in [-0.4, -0.2) is 25.0 Å². The Morgan fingerprint density at radius 3 is 2.46 bits per heavy atom. The van der Waals surface area contributed by atoms with Crippen molar-refractivity contribution in [3.63, 3.8) is 0 Å². The van der Waals surface area contributed by atoms with Gasteiger partial charge in [-0.2, -0.15) is 0 Å². The van der Waals surface area contributed by atoms with Gasteiger partial charge in [0.05, 0.1) is 7.11 Å². The minimum absolute atomic E-state index is 0.0405. The maximum absolute atomic E-state index is 12.0. The lowest BCUT2D eigenvalue weighted by Gasteiger charge is -2.18. The third-order valence-electron chi connectivity index (χ3n) is 3.50. The lowest BCUT2D eigenvalue weighted by molar-refractivity contribution is -0.145. The first kappa shape index (κ1) is 17.9. The number of hydrogen-bond acceptors (Lipinski definition) is 4. The van der Waals surface area contributed by atoms with E-state index in [1.165, 1.54) is 13.2 Å². The van der Waals surface area contributed by atoms with Gasteiger partial charge in [-0.3, -0.25) is 4.79 Å². The highest BCUT2D eigenvalue weighted by Crippen LogP contribution is 2.28. The molecule has 0 aliphatic carbocycles. The lowest BCUT2D eigenvalue weighted by atomic mass is 10.0. The Morgan fingerprint density at radius 2 is 1.83 bits per heavy atom. The Bertz CT molecular complexity index is 719. The second kappa shape index (κ2) is 8.45. The summed E-state index contributed by atoms with van der Waals surface area (Å²) in [6.07, 6.45) is 3.19. The molecule has 2 aromatic rings. The molecule has 1 heterocycles. The van der Waals surface area contributed by atoms with Gasteiger partial charge in [-0.25, -0.2) is 4.79 Å². The fourth-order valence-corrected chi connectivity index (χ4v) is 3.10. The van der Waals surface area contributed by atoms with E-state index in [-0.39, 0.29) is 11.8 Å². The second-order valence-corrected chi connectivity index (χ2v) is 6.77. The average molecular weight is 343 g/mol. The molecule has 24 heavy (non-hydrogen) atoms. The van der Waals surface area contributed by atoms with Gasteiger partial charge in [-0.15, -0.1) is 11.3 Å². The molecule has 126 valence electrons. The minimum atomic E-state index is -0.643. The van der Waals surface area contributed by atoms with E-state index in [4.69, 9.17) is 4.74 Å². The molecule has 1 atom stereocenters.